The molecule has 0 spiro atoms. The number of nitrogens with one attached hydrogen (secondary N) is 4. The predicted molar refractivity (Wildman–Crippen MR) is 219 cm³/mol. The molecule has 0 bridgehead atoms. The van der Waals surface area contributed by atoms with Crippen LogP contribution in [0.1, 0.15) is 42.3 Å². The van der Waals surface area contributed by atoms with Gasteiger partial charge in [-0.25, -0.2) is 9.59 Å². The third-order valence-electron chi connectivity index (χ3n) is 8.05. The fraction of sp³-hybridized carbons (Fsp3) is 0.150. The topological polar surface area (TPSA) is 199 Å². The smallest absolute Gasteiger partial charge is 0.328 e. The van der Waals surface area contributed by atoms with E-state index >= 15 is 0 Å². The summed E-state index contributed by atoms with van der Waals surface area (Å²) in [5.74, 6) is -2.84. The molecule has 57 heavy (non-hydrogen) atoms. The molecule has 0 radical (unpaired) electrons. The van der Waals surface area contributed by atoms with Gasteiger partial charge in [-0.2, -0.15) is 0 Å². The van der Waals surface area contributed by atoms with E-state index in [0.717, 1.165) is 5.56 Å². The van der Waals surface area contributed by atoms with Gasteiger partial charge in [-0.05, 0) is 65.7 Å². The molecule has 3 amide bonds. The van der Waals surface area contributed by atoms with Crippen molar-refractivity contribution < 1.29 is 33.4 Å². The number of carbonyl (C=O) groups excluding carboxylic acids is 5. The quantitative estimate of drug-likeness (QED) is 0.0684. The van der Waals surface area contributed by atoms with Crippen LogP contribution in [0.15, 0.2) is 108 Å². The first kappa shape index (κ1) is 43.9. The lowest BCUT2D eigenvalue weighted by Gasteiger charge is -2.18. The number of aromatic amines is 1. The molecule has 0 saturated heterocycles. The van der Waals surface area contributed by atoms with Crippen LogP contribution >= 0.6 is 46.4 Å². The molecule has 4 aromatic carbocycles. The molecule has 0 aliphatic rings. The Hall–Kier alpha value is -5.86. The number of ether oxygens (including phenoxy) is 2. The van der Waals surface area contributed by atoms with E-state index in [0.29, 0.717) is 16.9 Å². The van der Waals surface area contributed by atoms with Crippen molar-refractivity contribution >= 4 is 87.4 Å². The highest BCUT2D eigenvalue weighted by molar-refractivity contribution is 6.40. The van der Waals surface area contributed by atoms with Gasteiger partial charge in [0.25, 0.3) is 17.7 Å². The molecule has 0 saturated carbocycles. The number of H-pyrrole nitrogens is 1. The van der Waals surface area contributed by atoms with Crippen molar-refractivity contribution in [1.82, 2.24) is 15.6 Å². The zero-order valence-electron chi connectivity index (χ0n) is 30.2. The fourth-order valence-corrected chi connectivity index (χ4v) is 6.33. The van der Waals surface area contributed by atoms with Gasteiger partial charge in [0.15, 0.2) is 0 Å². The van der Waals surface area contributed by atoms with Gasteiger partial charge in [-0.1, -0.05) is 88.9 Å². The van der Waals surface area contributed by atoms with Crippen molar-refractivity contribution in [3.63, 3.8) is 0 Å². The Morgan fingerprint density at radius 1 is 0.596 bits per heavy atom. The van der Waals surface area contributed by atoms with Crippen molar-refractivity contribution in [2.24, 2.45) is 0 Å². The van der Waals surface area contributed by atoms with Gasteiger partial charge in [-0.3, -0.25) is 19.2 Å². The maximum absolute atomic E-state index is 12.7. The average molecular weight is 856 g/mol. The Bertz CT molecular complexity index is 2260. The van der Waals surface area contributed by atoms with E-state index in [-0.39, 0.29) is 55.3 Å². The van der Waals surface area contributed by atoms with E-state index in [1.165, 1.54) is 44.6 Å². The number of nitrogen functional groups attached to an aromatic ring is 1. The normalized spacial score (nSPS) is 11.5. The van der Waals surface area contributed by atoms with Crippen molar-refractivity contribution in [2.45, 2.75) is 24.9 Å². The lowest BCUT2D eigenvalue weighted by atomic mass is 10.0. The number of halogens is 4. The lowest BCUT2D eigenvalue weighted by molar-refractivity contribution is -0.143. The van der Waals surface area contributed by atoms with Gasteiger partial charge in [0.05, 0.1) is 45.4 Å². The third-order valence-corrected chi connectivity index (χ3v) is 9.31. The number of methoxy groups -OCH3 is 2. The van der Waals surface area contributed by atoms with Gasteiger partial charge in [0.1, 0.15) is 17.8 Å². The van der Waals surface area contributed by atoms with Crippen LogP contribution in [0.5, 0.6) is 0 Å². The van der Waals surface area contributed by atoms with E-state index in [9.17, 15) is 28.8 Å². The van der Waals surface area contributed by atoms with Crippen LogP contribution in [0.25, 0.3) is 0 Å². The molecule has 5 rings (SSSR count). The lowest BCUT2D eigenvalue weighted by Crippen LogP contribution is -2.43. The van der Waals surface area contributed by atoms with E-state index in [4.69, 9.17) is 61.6 Å². The van der Waals surface area contributed by atoms with E-state index in [1.54, 1.807) is 72.8 Å². The van der Waals surface area contributed by atoms with Crippen LogP contribution in [0.4, 0.5) is 11.4 Å². The van der Waals surface area contributed by atoms with Crippen molar-refractivity contribution in [1.29, 1.82) is 0 Å². The Balaban J connectivity index is 0.000000266. The number of esters is 2. The fourth-order valence-electron chi connectivity index (χ4n) is 5.19. The van der Waals surface area contributed by atoms with Gasteiger partial charge in [-0.15, -0.1) is 0 Å². The number of amides is 3. The summed E-state index contributed by atoms with van der Waals surface area (Å²) in [6.45, 7) is 0. The highest BCUT2D eigenvalue weighted by atomic mass is 35.5. The molecule has 0 fully saturated rings. The molecule has 0 aliphatic carbocycles. The van der Waals surface area contributed by atoms with Crippen molar-refractivity contribution in [3.05, 3.63) is 162 Å². The molecule has 296 valence electrons. The second-order valence-corrected chi connectivity index (χ2v) is 13.7. The number of rotatable bonds is 12. The predicted octanol–water partition coefficient (Wildman–Crippen LogP) is 6.54. The minimum Gasteiger partial charge on any atom is -0.467 e. The second kappa shape index (κ2) is 20.9. The summed E-state index contributed by atoms with van der Waals surface area (Å²) in [5.41, 5.74) is 8.18. The van der Waals surface area contributed by atoms with Gasteiger partial charge in [0, 0.05) is 30.3 Å². The minimum atomic E-state index is -0.996. The van der Waals surface area contributed by atoms with Crippen LogP contribution in [-0.2, 0) is 31.9 Å². The van der Waals surface area contributed by atoms with E-state index in [1.807, 2.05) is 0 Å². The van der Waals surface area contributed by atoms with Crippen molar-refractivity contribution in [3.8, 4) is 0 Å². The maximum atomic E-state index is 12.7. The molecule has 13 nitrogen and oxygen atoms in total. The first-order chi connectivity index (χ1) is 27.2. The number of benzene rings is 4. The Morgan fingerprint density at radius 2 is 1.00 bits per heavy atom. The van der Waals surface area contributed by atoms with Crippen LogP contribution in [0.2, 0.25) is 20.1 Å². The molecular formula is C40H35Cl4N5O8. The molecule has 1 heterocycles. The SMILES string of the molecule is COC(=O)[C@H](Cc1ccc(N)cc1)NC(=O)c1c(Cl)cccc1Cl.COC(=O)[C@H](Cc1ccc(NC(=O)c2cccc(=O)[nH]2)cc1)NC(=O)c1c(Cl)cccc1Cl. The Kier molecular flexibility index (Phi) is 16.1. The Morgan fingerprint density at radius 3 is 1.40 bits per heavy atom. The number of hydrogen-bond donors (Lipinski definition) is 5. The van der Waals surface area contributed by atoms with Gasteiger partial charge < -0.3 is 36.1 Å². The maximum Gasteiger partial charge on any atom is 0.328 e. The van der Waals surface area contributed by atoms with Gasteiger partial charge >= 0.3 is 11.9 Å². The van der Waals surface area contributed by atoms with Crippen LogP contribution in [0.3, 0.4) is 0 Å². The number of carbonyl (C=O) groups is 5. The van der Waals surface area contributed by atoms with Gasteiger partial charge in [0.2, 0.25) is 5.56 Å². The molecule has 6 N–H and O–H groups in total. The van der Waals surface area contributed by atoms with Crippen LogP contribution in [0, 0.1) is 0 Å². The summed E-state index contributed by atoms with van der Waals surface area (Å²) in [5, 5.41) is 8.60. The minimum absolute atomic E-state index is 0.0618. The zero-order chi connectivity index (χ0) is 41.6. The summed E-state index contributed by atoms with van der Waals surface area (Å²) >= 11 is 24.2. The molecule has 17 heteroatoms. The number of hydrogen-bond acceptors (Lipinski definition) is 9. The monoisotopic (exact) mass is 853 g/mol. The number of anilines is 2. The summed E-state index contributed by atoms with van der Waals surface area (Å²) in [7, 11) is 2.48. The largest absolute Gasteiger partial charge is 0.467 e. The highest BCUT2D eigenvalue weighted by Crippen LogP contribution is 2.26. The first-order valence-electron chi connectivity index (χ1n) is 16.8. The summed E-state index contributed by atoms with van der Waals surface area (Å²) < 4.78 is 9.57. The number of pyridine rings is 1. The van der Waals surface area contributed by atoms with E-state index < -0.39 is 41.7 Å². The van der Waals surface area contributed by atoms with Crippen LogP contribution < -0.4 is 27.2 Å². The molecule has 5 aromatic rings. The van der Waals surface area contributed by atoms with Crippen LogP contribution in [-0.4, -0.2) is 60.9 Å². The van der Waals surface area contributed by atoms with E-state index in [2.05, 4.69) is 20.9 Å². The molecule has 0 aliphatic heterocycles. The number of nitrogens with two attached hydrogens (primary N) is 1. The highest BCUT2D eigenvalue weighted by Gasteiger charge is 2.26. The molecule has 2 atom stereocenters. The number of aromatic nitrogens is 1. The zero-order valence-corrected chi connectivity index (χ0v) is 33.3. The third kappa shape index (κ3) is 12.6. The summed E-state index contributed by atoms with van der Waals surface area (Å²) in [6.07, 6.45) is 0.376. The first-order valence-corrected chi connectivity index (χ1v) is 18.3. The summed E-state index contributed by atoms with van der Waals surface area (Å²) in [4.78, 5) is 75.5. The van der Waals surface area contributed by atoms with Crippen molar-refractivity contribution in [2.75, 3.05) is 25.3 Å². The average Bonchev–Trinajstić information content (AvgIpc) is 3.18. The molecular weight excluding hydrogens is 820 g/mol. The Labute approximate surface area is 346 Å². The standard InChI is InChI=1S/C23H19Cl2N3O5.C17H16Cl2N2O3/c1-33-23(32)18(28-22(31)20-15(24)4-2-5-16(20)25)12-13-8-10-14(11-9-13)26-21(30)17-6-3-7-19(29)27-17;1-24-17(23)14(9-10-5-7-11(20)8-6-10)21-16(22)15-12(18)3-2-4-13(15)19/h2-11,18H,12H2,1H3,(H,26,30)(H,27,29)(H,28,31);2-8,14H,9,20H2,1H3,(H,21,22)/t18-;14-/m00/s1. The molecule has 1 aromatic heterocycles. The second-order valence-electron chi connectivity index (χ2n) is 12.0. The molecule has 0 unspecified atom stereocenters. The summed E-state index contributed by atoms with van der Waals surface area (Å²) in [6, 6.07) is 25.4.